The summed E-state index contributed by atoms with van der Waals surface area (Å²) in [5.41, 5.74) is 7.06. The number of benzene rings is 1. The first-order valence-corrected chi connectivity index (χ1v) is 12.7. The molecule has 1 N–H and O–H groups in total. The number of halogens is 1. The number of carbonyl (C=O) groups is 1. The van der Waals surface area contributed by atoms with Gasteiger partial charge in [0.05, 0.1) is 10.7 Å². The fourth-order valence-electron chi connectivity index (χ4n) is 5.04. The van der Waals surface area contributed by atoms with Crippen molar-refractivity contribution in [2.24, 2.45) is 0 Å². The Morgan fingerprint density at radius 3 is 2.54 bits per heavy atom. The maximum atomic E-state index is 13.3. The second-order valence-corrected chi connectivity index (χ2v) is 10.2. The predicted octanol–water partition coefficient (Wildman–Crippen LogP) is 5.44. The zero-order valence-electron chi connectivity index (χ0n) is 20.3. The third kappa shape index (κ3) is 4.80. The van der Waals surface area contributed by atoms with Gasteiger partial charge in [0.15, 0.2) is 5.65 Å². The number of likely N-dealkylation sites (tertiary alicyclic amines) is 1. The lowest BCUT2D eigenvalue weighted by Crippen LogP contribution is -2.38. The Hall–Kier alpha value is -3.26. The number of nitrogens with one attached hydrogen (secondary N) is 1. The molecule has 180 valence electrons. The van der Waals surface area contributed by atoms with Crippen molar-refractivity contribution >= 4 is 33.3 Å². The number of rotatable bonds is 5. The lowest BCUT2D eigenvalue weighted by molar-refractivity contribution is 0.0710. The number of piperidine rings is 1. The van der Waals surface area contributed by atoms with Crippen LogP contribution in [-0.4, -0.2) is 43.5 Å². The van der Waals surface area contributed by atoms with Gasteiger partial charge in [-0.3, -0.25) is 9.78 Å². The molecule has 3 aromatic heterocycles. The second-order valence-electron chi connectivity index (χ2n) is 9.35. The van der Waals surface area contributed by atoms with Crippen LogP contribution < -0.4 is 5.32 Å². The van der Waals surface area contributed by atoms with Gasteiger partial charge >= 0.3 is 0 Å². The van der Waals surface area contributed by atoms with E-state index in [0.717, 1.165) is 69.8 Å². The SMILES string of the molecule is Cc1cc(C)c(C(=O)N2CCC(c3cc(NCc4cccnc4)n4ncc(Br)c4n3)CC2)c(C)c1. The summed E-state index contributed by atoms with van der Waals surface area (Å²) >= 11 is 3.59. The topological polar surface area (TPSA) is 75.4 Å². The minimum atomic E-state index is 0.138. The van der Waals surface area contributed by atoms with Crippen molar-refractivity contribution in [3.63, 3.8) is 0 Å². The number of amides is 1. The molecule has 1 amide bonds. The number of anilines is 1. The average Bonchev–Trinajstić information content (AvgIpc) is 3.23. The molecule has 0 unspecified atom stereocenters. The smallest absolute Gasteiger partial charge is 0.254 e. The molecule has 0 spiro atoms. The first-order valence-electron chi connectivity index (χ1n) is 11.9. The van der Waals surface area contributed by atoms with Gasteiger partial charge in [0.1, 0.15) is 5.82 Å². The van der Waals surface area contributed by atoms with Gasteiger partial charge in [-0.25, -0.2) is 4.98 Å². The highest BCUT2D eigenvalue weighted by atomic mass is 79.9. The van der Waals surface area contributed by atoms with Gasteiger partial charge < -0.3 is 10.2 Å². The van der Waals surface area contributed by atoms with E-state index < -0.39 is 0 Å². The van der Waals surface area contributed by atoms with Crippen LogP contribution in [0.1, 0.15) is 57.1 Å². The summed E-state index contributed by atoms with van der Waals surface area (Å²) in [4.78, 5) is 24.5. The molecule has 1 aliphatic rings. The predicted molar refractivity (Wildman–Crippen MR) is 141 cm³/mol. The van der Waals surface area contributed by atoms with Gasteiger partial charge in [-0.15, -0.1) is 0 Å². The quantitative estimate of drug-likeness (QED) is 0.370. The summed E-state index contributed by atoms with van der Waals surface area (Å²) in [6, 6.07) is 10.3. The molecule has 0 bridgehead atoms. The molecule has 1 saturated heterocycles. The molecule has 0 atom stereocenters. The number of pyridine rings is 1. The first-order chi connectivity index (χ1) is 16.9. The van der Waals surface area contributed by atoms with Crippen molar-refractivity contribution in [2.45, 2.75) is 46.1 Å². The number of carbonyl (C=O) groups excluding carboxylic acids is 1. The van der Waals surface area contributed by atoms with E-state index in [1.807, 2.05) is 41.6 Å². The fourth-order valence-corrected chi connectivity index (χ4v) is 5.39. The van der Waals surface area contributed by atoms with Crippen molar-refractivity contribution in [2.75, 3.05) is 18.4 Å². The Labute approximate surface area is 213 Å². The Morgan fingerprint density at radius 2 is 1.86 bits per heavy atom. The van der Waals surface area contributed by atoms with Crippen molar-refractivity contribution in [1.29, 1.82) is 0 Å². The molecule has 4 aromatic rings. The Kier molecular flexibility index (Phi) is 6.56. The second kappa shape index (κ2) is 9.77. The zero-order chi connectivity index (χ0) is 24.5. The van der Waals surface area contributed by atoms with Gasteiger partial charge in [0, 0.05) is 55.3 Å². The molecule has 7 nitrogen and oxygen atoms in total. The fraction of sp³-hybridized carbons (Fsp3) is 0.333. The van der Waals surface area contributed by atoms with Crippen LogP contribution in [0.5, 0.6) is 0 Å². The van der Waals surface area contributed by atoms with E-state index in [-0.39, 0.29) is 11.8 Å². The van der Waals surface area contributed by atoms with Crippen LogP contribution in [0, 0.1) is 20.8 Å². The third-order valence-electron chi connectivity index (χ3n) is 6.74. The van der Waals surface area contributed by atoms with Crippen molar-refractivity contribution < 1.29 is 4.79 Å². The molecular weight excluding hydrogens is 504 g/mol. The summed E-state index contributed by atoms with van der Waals surface area (Å²) in [7, 11) is 0. The van der Waals surface area contributed by atoms with E-state index >= 15 is 0 Å². The van der Waals surface area contributed by atoms with Crippen molar-refractivity contribution in [3.05, 3.63) is 86.9 Å². The van der Waals surface area contributed by atoms with Crippen LogP contribution in [0.3, 0.4) is 0 Å². The average molecular weight is 533 g/mol. The zero-order valence-corrected chi connectivity index (χ0v) is 21.8. The van der Waals surface area contributed by atoms with E-state index in [1.54, 1.807) is 12.4 Å². The van der Waals surface area contributed by atoms with E-state index in [0.29, 0.717) is 6.54 Å². The van der Waals surface area contributed by atoms with Gasteiger partial charge in [-0.2, -0.15) is 9.61 Å². The summed E-state index contributed by atoms with van der Waals surface area (Å²) < 4.78 is 2.69. The van der Waals surface area contributed by atoms with Crippen LogP contribution in [0.25, 0.3) is 5.65 Å². The molecule has 1 fully saturated rings. The molecule has 4 heterocycles. The van der Waals surface area contributed by atoms with Crippen LogP contribution >= 0.6 is 15.9 Å². The van der Waals surface area contributed by atoms with E-state index in [4.69, 9.17) is 4.98 Å². The number of hydrogen-bond acceptors (Lipinski definition) is 5. The molecule has 8 heteroatoms. The maximum absolute atomic E-state index is 13.3. The highest BCUT2D eigenvalue weighted by Gasteiger charge is 2.28. The number of hydrogen-bond donors (Lipinski definition) is 1. The van der Waals surface area contributed by atoms with Gasteiger partial charge in [-0.1, -0.05) is 23.8 Å². The van der Waals surface area contributed by atoms with Crippen LogP contribution in [-0.2, 0) is 6.54 Å². The number of fused-ring (bicyclic) bond motifs is 1. The summed E-state index contributed by atoms with van der Waals surface area (Å²) in [5, 5.41) is 7.98. The molecule has 0 radical (unpaired) electrons. The number of nitrogens with zero attached hydrogens (tertiary/aromatic N) is 5. The molecule has 0 aliphatic carbocycles. The number of aromatic nitrogens is 4. The molecular formula is C27H29BrN6O. The highest BCUT2D eigenvalue weighted by Crippen LogP contribution is 2.31. The minimum absolute atomic E-state index is 0.138. The molecule has 1 aromatic carbocycles. The molecule has 1 aliphatic heterocycles. The summed E-state index contributed by atoms with van der Waals surface area (Å²) in [5.74, 6) is 1.31. The maximum Gasteiger partial charge on any atom is 0.254 e. The van der Waals surface area contributed by atoms with Gasteiger partial charge in [-0.05, 0) is 72.3 Å². The molecule has 5 rings (SSSR count). The molecule has 0 saturated carbocycles. The number of aryl methyl sites for hydroxylation is 3. The van der Waals surface area contributed by atoms with Gasteiger partial charge in [0.25, 0.3) is 5.91 Å². The lowest BCUT2D eigenvalue weighted by atomic mass is 9.91. The van der Waals surface area contributed by atoms with E-state index in [1.165, 1.54) is 5.56 Å². The van der Waals surface area contributed by atoms with Crippen molar-refractivity contribution in [1.82, 2.24) is 24.5 Å². The van der Waals surface area contributed by atoms with Crippen LogP contribution in [0.15, 0.2) is 53.4 Å². The third-order valence-corrected chi connectivity index (χ3v) is 7.30. The van der Waals surface area contributed by atoms with E-state index in [9.17, 15) is 4.79 Å². The van der Waals surface area contributed by atoms with Crippen LogP contribution in [0.2, 0.25) is 0 Å². The minimum Gasteiger partial charge on any atom is -0.366 e. The van der Waals surface area contributed by atoms with E-state index in [2.05, 4.69) is 56.5 Å². The van der Waals surface area contributed by atoms with Crippen LogP contribution in [0.4, 0.5) is 5.82 Å². The Morgan fingerprint density at radius 1 is 1.11 bits per heavy atom. The first kappa shape index (κ1) is 23.5. The van der Waals surface area contributed by atoms with Crippen molar-refractivity contribution in [3.8, 4) is 0 Å². The summed E-state index contributed by atoms with van der Waals surface area (Å²) in [6.07, 6.45) is 7.17. The normalized spacial score (nSPS) is 14.5. The highest BCUT2D eigenvalue weighted by molar-refractivity contribution is 9.10. The largest absolute Gasteiger partial charge is 0.366 e. The Bertz CT molecular complexity index is 1350. The summed E-state index contributed by atoms with van der Waals surface area (Å²) in [6.45, 7) is 8.23. The van der Waals surface area contributed by atoms with Gasteiger partial charge in [0.2, 0.25) is 0 Å². The lowest BCUT2D eigenvalue weighted by Gasteiger charge is -2.32. The standard InChI is InChI=1S/C27H29BrN6O/c1-17-11-18(2)25(19(3)12-17)27(35)33-9-6-21(7-10-33)23-13-24(30-15-20-5-4-8-29-14-20)34-26(32-23)22(28)16-31-34/h4-5,8,11-14,16,21,30H,6-7,9-10,15H2,1-3H3. The monoisotopic (exact) mass is 532 g/mol. The molecule has 35 heavy (non-hydrogen) atoms. The Balaban J connectivity index is 1.34.